The Bertz CT molecular complexity index is 539. The Morgan fingerprint density at radius 1 is 1.14 bits per heavy atom. The number of nitrogens with two attached hydrogens (primary N) is 1. The highest BCUT2D eigenvalue weighted by atomic mass is 16.2. The smallest absolute Gasteiger partial charge is 0.227 e. The zero-order chi connectivity index (χ0) is 15.1. The highest BCUT2D eigenvalue weighted by Crippen LogP contribution is 2.48. The summed E-state index contributed by atoms with van der Waals surface area (Å²) in [6.45, 7) is 3.30. The lowest BCUT2D eigenvalue weighted by Crippen LogP contribution is -2.54. The molecule has 0 radical (unpaired) electrons. The topological polar surface area (TPSA) is 62.5 Å². The summed E-state index contributed by atoms with van der Waals surface area (Å²) >= 11 is 0. The molecule has 2 heterocycles. The normalized spacial score (nSPS) is 34.2. The van der Waals surface area contributed by atoms with Gasteiger partial charge in [0.2, 0.25) is 5.91 Å². The fourth-order valence-corrected chi connectivity index (χ4v) is 4.61. The van der Waals surface area contributed by atoms with E-state index in [1.54, 1.807) is 0 Å². The second-order valence-corrected chi connectivity index (χ2v) is 6.94. The molecule has 0 aromatic carbocycles. The van der Waals surface area contributed by atoms with Crippen LogP contribution in [0.4, 0.5) is 5.82 Å². The fraction of sp³-hybridized carbons (Fsp3) is 0.647. The van der Waals surface area contributed by atoms with Crippen molar-refractivity contribution in [3.63, 3.8) is 0 Å². The van der Waals surface area contributed by atoms with E-state index in [1.807, 2.05) is 29.3 Å². The summed E-state index contributed by atoms with van der Waals surface area (Å²) in [5.74, 6) is 2.53. The maximum atomic E-state index is 12.9. The molecule has 1 aliphatic heterocycles. The van der Waals surface area contributed by atoms with Crippen LogP contribution in [0.5, 0.6) is 0 Å². The summed E-state index contributed by atoms with van der Waals surface area (Å²) in [4.78, 5) is 21.5. The Hall–Kier alpha value is -1.62. The number of carbonyl (C=O) groups is 1. The van der Waals surface area contributed by atoms with Gasteiger partial charge in [-0.2, -0.15) is 0 Å². The number of piperazine rings is 1. The first-order valence-corrected chi connectivity index (χ1v) is 8.44. The number of pyridine rings is 1. The van der Waals surface area contributed by atoms with Gasteiger partial charge in [0.15, 0.2) is 0 Å². The van der Waals surface area contributed by atoms with Crippen LogP contribution in [0.3, 0.4) is 0 Å². The average Bonchev–Trinajstić information content (AvgIpc) is 3.16. The molecule has 2 saturated carbocycles. The predicted octanol–water partition coefficient (Wildman–Crippen LogP) is 1.10. The van der Waals surface area contributed by atoms with Crippen LogP contribution in [0.1, 0.15) is 19.3 Å². The van der Waals surface area contributed by atoms with Gasteiger partial charge in [0, 0.05) is 38.4 Å². The molecule has 5 heteroatoms. The number of hydrogen-bond acceptors (Lipinski definition) is 4. The van der Waals surface area contributed by atoms with Crippen LogP contribution < -0.4 is 10.6 Å². The minimum absolute atomic E-state index is 0.0835. The van der Waals surface area contributed by atoms with Gasteiger partial charge in [-0.3, -0.25) is 4.79 Å². The first-order valence-electron chi connectivity index (χ1n) is 8.44. The van der Waals surface area contributed by atoms with Crippen molar-refractivity contribution in [1.29, 1.82) is 0 Å². The zero-order valence-electron chi connectivity index (χ0n) is 12.9. The number of anilines is 1. The molecule has 22 heavy (non-hydrogen) atoms. The monoisotopic (exact) mass is 300 g/mol. The number of rotatable bonds is 2. The maximum Gasteiger partial charge on any atom is 0.227 e. The van der Waals surface area contributed by atoms with Crippen molar-refractivity contribution < 1.29 is 4.79 Å². The van der Waals surface area contributed by atoms with Gasteiger partial charge in [0.25, 0.3) is 0 Å². The molecule has 3 aliphatic rings. The minimum Gasteiger partial charge on any atom is -0.353 e. The number of amides is 1. The third-order valence-electron chi connectivity index (χ3n) is 5.83. The van der Waals surface area contributed by atoms with E-state index in [9.17, 15) is 4.79 Å². The summed E-state index contributed by atoms with van der Waals surface area (Å²) in [7, 11) is 0. The first-order chi connectivity index (χ1) is 10.7. The summed E-state index contributed by atoms with van der Waals surface area (Å²) in [5, 5.41) is 0. The van der Waals surface area contributed by atoms with Crippen LogP contribution >= 0.6 is 0 Å². The zero-order valence-corrected chi connectivity index (χ0v) is 12.9. The van der Waals surface area contributed by atoms with E-state index in [4.69, 9.17) is 5.73 Å². The van der Waals surface area contributed by atoms with Gasteiger partial charge in [0.1, 0.15) is 5.82 Å². The van der Waals surface area contributed by atoms with E-state index in [2.05, 4.69) is 9.88 Å². The van der Waals surface area contributed by atoms with Gasteiger partial charge in [-0.15, -0.1) is 0 Å². The van der Waals surface area contributed by atoms with Crippen LogP contribution in [0.2, 0.25) is 0 Å². The molecule has 2 bridgehead atoms. The lowest BCUT2D eigenvalue weighted by Gasteiger charge is -2.38. The number of nitrogens with zero attached hydrogens (tertiary/aromatic N) is 3. The average molecular weight is 300 g/mol. The van der Waals surface area contributed by atoms with Gasteiger partial charge in [0.05, 0.1) is 5.92 Å². The highest BCUT2D eigenvalue weighted by molar-refractivity contribution is 5.81. The van der Waals surface area contributed by atoms with E-state index in [0.29, 0.717) is 17.7 Å². The predicted molar refractivity (Wildman–Crippen MR) is 85.3 cm³/mol. The van der Waals surface area contributed by atoms with Gasteiger partial charge in [-0.25, -0.2) is 4.98 Å². The van der Waals surface area contributed by atoms with Crippen molar-refractivity contribution in [2.24, 2.45) is 23.5 Å². The van der Waals surface area contributed by atoms with Crippen molar-refractivity contribution in [2.75, 3.05) is 31.1 Å². The summed E-state index contributed by atoms with van der Waals surface area (Å²) < 4.78 is 0. The van der Waals surface area contributed by atoms with Crippen LogP contribution in [-0.4, -0.2) is 48.0 Å². The summed E-state index contributed by atoms with van der Waals surface area (Å²) in [5.41, 5.74) is 6.32. The number of fused-ring (bicyclic) bond motifs is 2. The molecule has 1 amide bonds. The summed E-state index contributed by atoms with van der Waals surface area (Å²) in [6, 6.07) is 6.07. The second kappa shape index (κ2) is 5.54. The number of carbonyl (C=O) groups excluding carboxylic acids is 1. The largest absolute Gasteiger partial charge is 0.353 e. The molecule has 3 fully saturated rings. The van der Waals surface area contributed by atoms with Crippen molar-refractivity contribution in [1.82, 2.24) is 9.88 Å². The molecule has 1 aromatic heterocycles. The number of aromatic nitrogens is 1. The van der Waals surface area contributed by atoms with E-state index in [0.717, 1.165) is 32.0 Å². The SMILES string of the molecule is NC1C2CCC(C2)C1C(=O)N1CCN(c2ccccn2)CC1. The molecule has 2 N–H and O–H groups in total. The van der Waals surface area contributed by atoms with Crippen LogP contribution in [0.25, 0.3) is 0 Å². The molecular weight excluding hydrogens is 276 g/mol. The van der Waals surface area contributed by atoms with Gasteiger partial charge in [-0.1, -0.05) is 6.07 Å². The van der Waals surface area contributed by atoms with E-state index in [1.165, 1.54) is 19.3 Å². The minimum atomic E-state index is 0.0835. The van der Waals surface area contributed by atoms with Gasteiger partial charge >= 0.3 is 0 Å². The van der Waals surface area contributed by atoms with Crippen molar-refractivity contribution in [3.8, 4) is 0 Å². The van der Waals surface area contributed by atoms with E-state index >= 15 is 0 Å². The third kappa shape index (κ3) is 2.28. The third-order valence-corrected chi connectivity index (χ3v) is 5.83. The Morgan fingerprint density at radius 3 is 2.55 bits per heavy atom. The second-order valence-electron chi connectivity index (χ2n) is 6.94. The van der Waals surface area contributed by atoms with Crippen LogP contribution in [-0.2, 0) is 4.79 Å². The summed E-state index contributed by atoms with van der Waals surface area (Å²) in [6.07, 6.45) is 5.42. The lowest BCUT2D eigenvalue weighted by atomic mass is 9.84. The fourth-order valence-electron chi connectivity index (χ4n) is 4.61. The molecule has 2 aliphatic carbocycles. The Morgan fingerprint density at radius 2 is 1.91 bits per heavy atom. The molecular formula is C17H24N4O. The van der Waals surface area contributed by atoms with Gasteiger partial charge < -0.3 is 15.5 Å². The van der Waals surface area contributed by atoms with Crippen molar-refractivity contribution in [3.05, 3.63) is 24.4 Å². The van der Waals surface area contributed by atoms with E-state index in [-0.39, 0.29) is 12.0 Å². The molecule has 4 unspecified atom stereocenters. The Labute approximate surface area is 131 Å². The standard InChI is InChI=1S/C17H24N4O/c18-16-13-5-4-12(11-13)15(16)17(22)21-9-7-20(8-10-21)14-3-1-2-6-19-14/h1-3,6,12-13,15-16H,4-5,7-11,18H2. The molecule has 4 atom stereocenters. The highest BCUT2D eigenvalue weighted by Gasteiger charge is 2.50. The van der Waals surface area contributed by atoms with Crippen LogP contribution in [0, 0.1) is 17.8 Å². The quantitative estimate of drug-likeness (QED) is 0.888. The molecule has 1 saturated heterocycles. The molecule has 0 spiro atoms. The van der Waals surface area contributed by atoms with Crippen molar-refractivity contribution >= 4 is 11.7 Å². The van der Waals surface area contributed by atoms with Crippen molar-refractivity contribution in [2.45, 2.75) is 25.3 Å². The number of hydrogen-bond donors (Lipinski definition) is 1. The van der Waals surface area contributed by atoms with Gasteiger partial charge in [-0.05, 0) is 43.2 Å². The molecule has 1 aromatic rings. The maximum absolute atomic E-state index is 12.9. The first kappa shape index (κ1) is 14.0. The lowest BCUT2D eigenvalue weighted by molar-refractivity contribution is -0.138. The Kier molecular flexibility index (Phi) is 3.53. The van der Waals surface area contributed by atoms with Crippen LogP contribution in [0.15, 0.2) is 24.4 Å². The molecule has 118 valence electrons. The van der Waals surface area contributed by atoms with E-state index < -0.39 is 0 Å². The molecule has 5 nitrogen and oxygen atoms in total. The Balaban J connectivity index is 1.38. The molecule has 4 rings (SSSR count).